The van der Waals surface area contributed by atoms with Crippen LogP contribution in [-0.4, -0.2) is 43.2 Å². The molecule has 0 aliphatic rings. The normalized spacial score (nSPS) is 16.3. The summed E-state index contributed by atoms with van der Waals surface area (Å²) in [5.41, 5.74) is 7.70. The molecular weight excluding hydrogens is 364 g/mol. The summed E-state index contributed by atoms with van der Waals surface area (Å²) in [6, 6.07) is -5.96. The Morgan fingerprint density at radius 2 is 1.43 bits per heavy atom. The van der Waals surface area contributed by atoms with Crippen molar-refractivity contribution in [3.63, 3.8) is 0 Å². The highest BCUT2D eigenvalue weighted by Gasteiger charge is 2.79. The summed E-state index contributed by atoms with van der Waals surface area (Å²) in [4.78, 5) is 12.0. The zero-order valence-corrected chi connectivity index (χ0v) is 10.3. The van der Waals surface area contributed by atoms with Crippen LogP contribution in [0.15, 0.2) is 5.11 Å². The number of azide groups is 1. The minimum atomic E-state index is -7.18. The van der Waals surface area contributed by atoms with E-state index in [1.54, 1.807) is 0 Å². The van der Waals surface area contributed by atoms with Crippen molar-refractivity contribution in [2.45, 2.75) is 30.1 Å². The van der Waals surface area contributed by atoms with Crippen LogP contribution in [0, 0.1) is 0 Å². The van der Waals surface area contributed by atoms with Gasteiger partial charge in [-0.3, -0.25) is 4.74 Å². The maximum atomic E-state index is 13.7. The van der Waals surface area contributed by atoms with Gasteiger partial charge in [0.05, 0.1) is 7.11 Å². The Morgan fingerprint density at radius 1 is 1.00 bits per heavy atom. The second-order valence-corrected chi connectivity index (χ2v) is 3.51. The lowest BCUT2D eigenvalue weighted by Crippen LogP contribution is -2.62. The Bertz CT molecular complexity index is 514. The van der Waals surface area contributed by atoms with E-state index >= 15 is 0 Å². The van der Waals surface area contributed by atoms with E-state index in [1.165, 1.54) is 10.0 Å². The van der Waals surface area contributed by atoms with Crippen molar-refractivity contribution in [2.24, 2.45) is 5.11 Å². The molecule has 0 saturated carbocycles. The number of nitrogens with zero attached hydrogens (tertiary/aromatic N) is 3. The third-order valence-electron chi connectivity index (χ3n) is 2.00. The Labute approximate surface area is 118 Å². The van der Waals surface area contributed by atoms with Crippen molar-refractivity contribution in [2.75, 3.05) is 7.11 Å². The molecule has 0 N–H and O–H groups in total. The van der Waals surface area contributed by atoms with Gasteiger partial charge in [-0.25, -0.2) is 4.79 Å². The van der Waals surface area contributed by atoms with Crippen LogP contribution in [0.25, 0.3) is 10.4 Å². The Kier molecular flexibility index (Phi) is 5.41. The SMILES string of the molecule is COC(=O)C(F)(OC(F)(F)C(F)(F)C(F)(F)F)C(F)(F)N=[N+]=[N-]. The van der Waals surface area contributed by atoms with Crippen LogP contribution < -0.4 is 0 Å². The fraction of sp³-hybridized carbons (Fsp3) is 0.857. The van der Waals surface area contributed by atoms with Gasteiger partial charge in [0.15, 0.2) is 0 Å². The van der Waals surface area contributed by atoms with E-state index in [0.29, 0.717) is 0 Å². The molecule has 0 heterocycles. The first-order valence-corrected chi connectivity index (χ1v) is 4.74. The zero-order valence-electron chi connectivity index (χ0n) is 10.3. The number of hydrogen-bond acceptors (Lipinski definition) is 4. The third kappa shape index (κ3) is 3.52. The molecule has 0 bridgehead atoms. The number of rotatable bonds is 6. The van der Waals surface area contributed by atoms with Crippen LogP contribution in [0.1, 0.15) is 0 Å². The summed E-state index contributed by atoms with van der Waals surface area (Å²) in [5, 5.41) is 1.21. The first kappa shape index (κ1) is 21.0. The van der Waals surface area contributed by atoms with Crippen LogP contribution in [0.5, 0.6) is 0 Å². The molecule has 134 valence electrons. The van der Waals surface area contributed by atoms with Crippen LogP contribution in [-0.2, 0) is 14.3 Å². The van der Waals surface area contributed by atoms with Crippen LogP contribution in [0.2, 0.25) is 0 Å². The Hall–Kier alpha value is -1.96. The molecule has 16 heteroatoms. The third-order valence-corrected chi connectivity index (χ3v) is 2.00. The molecule has 1 unspecified atom stereocenters. The van der Waals surface area contributed by atoms with E-state index in [4.69, 9.17) is 5.53 Å². The minimum Gasteiger partial charge on any atom is -0.465 e. The molecule has 0 spiro atoms. The lowest BCUT2D eigenvalue weighted by molar-refractivity contribution is -0.465. The van der Waals surface area contributed by atoms with Gasteiger partial charge in [0.25, 0.3) is 0 Å². The number of halogens is 10. The molecule has 0 radical (unpaired) electrons. The number of carbonyl (C=O) groups excluding carboxylic acids is 1. The predicted molar refractivity (Wildman–Crippen MR) is 47.0 cm³/mol. The van der Waals surface area contributed by atoms with Crippen molar-refractivity contribution in [3.8, 4) is 0 Å². The van der Waals surface area contributed by atoms with E-state index < -0.39 is 36.1 Å². The van der Waals surface area contributed by atoms with E-state index in [9.17, 15) is 48.7 Å². The highest BCUT2D eigenvalue weighted by atomic mass is 19.4. The van der Waals surface area contributed by atoms with Gasteiger partial charge in [0.1, 0.15) is 0 Å². The minimum absolute atomic E-state index is 0.0756. The smallest absolute Gasteiger partial charge is 0.462 e. The molecule has 0 aromatic carbocycles. The summed E-state index contributed by atoms with van der Waals surface area (Å²) in [6.45, 7) is 0. The number of hydrogen-bond donors (Lipinski definition) is 0. The van der Waals surface area contributed by atoms with Gasteiger partial charge in [0, 0.05) is 4.91 Å². The average Bonchev–Trinajstić information content (AvgIpc) is 2.35. The molecule has 0 aromatic rings. The molecule has 0 rings (SSSR count). The van der Waals surface area contributed by atoms with E-state index in [2.05, 4.69) is 9.47 Å². The molecule has 23 heavy (non-hydrogen) atoms. The van der Waals surface area contributed by atoms with Crippen molar-refractivity contribution in [3.05, 3.63) is 10.4 Å². The van der Waals surface area contributed by atoms with Gasteiger partial charge in [-0.1, -0.05) is 0 Å². The van der Waals surface area contributed by atoms with Crippen molar-refractivity contribution in [1.29, 1.82) is 0 Å². The van der Waals surface area contributed by atoms with Gasteiger partial charge in [-0.2, -0.15) is 43.9 Å². The lowest BCUT2D eigenvalue weighted by Gasteiger charge is -2.34. The Morgan fingerprint density at radius 3 is 1.74 bits per heavy atom. The van der Waals surface area contributed by atoms with Gasteiger partial charge in [-0.05, 0) is 10.6 Å². The van der Waals surface area contributed by atoms with E-state index in [1.807, 2.05) is 0 Å². The molecule has 0 saturated heterocycles. The fourth-order valence-electron chi connectivity index (χ4n) is 0.883. The van der Waals surface area contributed by atoms with Crippen molar-refractivity contribution in [1.82, 2.24) is 0 Å². The van der Waals surface area contributed by atoms with Gasteiger partial charge in [-0.15, -0.1) is 0 Å². The lowest BCUT2D eigenvalue weighted by atomic mass is 10.2. The average molecular weight is 367 g/mol. The highest BCUT2D eigenvalue weighted by Crippen LogP contribution is 2.51. The summed E-state index contributed by atoms with van der Waals surface area (Å²) in [5.74, 6) is -16.3. The molecule has 0 amide bonds. The summed E-state index contributed by atoms with van der Waals surface area (Å²) in [7, 11) is 0.0756. The molecule has 1 atom stereocenters. The van der Waals surface area contributed by atoms with Gasteiger partial charge in [0.2, 0.25) is 0 Å². The predicted octanol–water partition coefficient (Wildman–Crippen LogP) is 3.54. The van der Waals surface area contributed by atoms with E-state index in [0.717, 1.165) is 0 Å². The van der Waals surface area contributed by atoms with Crippen LogP contribution in [0.3, 0.4) is 0 Å². The largest absolute Gasteiger partial charge is 0.465 e. The van der Waals surface area contributed by atoms with Crippen LogP contribution in [0.4, 0.5) is 43.9 Å². The van der Waals surface area contributed by atoms with Gasteiger partial charge >= 0.3 is 36.1 Å². The molecular formula is C7H3F10N3O3. The zero-order chi connectivity index (χ0) is 18.9. The topological polar surface area (TPSA) is 84.3 Å². The summed E-state index contributed by atoms with van der Waals surface area (Å²) >= 11 is 0. The molecule has 0 fully saturated rings. The number of ether oxygens (including phenoxy) is 2. The maximum absolute atomic E-state index is 13.7. The Balaban J connectivity index is 6.12. The van der Waals surface area contributed by atoms with Crippen molar-refractivity contribution >= 4 is 5.97 Å². The standard InChI is InChI=1S/C7H3F10N3O3/c1-22-2(21)3(8,6(14,15)19-20-18)23-7(16,17)4(9,10)5(11,12)13/h1H3. The fourth-order valence-corrected chi connectivity index (χ4v) is 0.883. The second-order valence-electron chi connectivity index (χ2n) is 3.51. The summed E-state index contributed by atoms with van der Waals surface area (Å²) in [6.07, 6.45) is -14.1. The van der Waals surface area contributed by atoms with E-state index in [-0.39, 0.29) is 7.11 Å². The number of methoxy groups -OCH3 is 1. The number of alkyl halides is 10. The highest BCUT2D eigenvalue weighted by molar-refractivity contribution is 5.79. The number of carbonyl (C=O) groups is 1. The summed E-state index contributed by atoms with van der Waals surface area (Å²) < 4.78 is 131. The van der Waals surface area contributed by atoms with Crippen LogP contribution >= 0.6 is 0 Å². The quantitative estimate of drug-likeness (QED) is 0.180. The van der Waals surface area contributed by atoms with Crippen molar-refractivity contribution < 1.29 is 58.2 Å². The first-order valence-electron chi connectivity index (χ1n) is 4.74. The molecule has 0 aromatic heterocycles. The maximum Gasteiger partial charge on any atom is 0.462 e. The number of esters is 1. The van der Waals surface area contributed by atoms with Gasteiger partial charge < -0.3 is 4.74 Å². The molecule has 0 aliphatic heterocycles. The first-order chi connectivity index (χ1) is 10.00. The molecule has 6 nitrogen and oxygen atoms in total. The second kappa shape index (κ2) is 5.92. The monoisotopic (exact) mass is 367 g/mol. The molecule has 0 aliphatic carbocycles.